The van der Waals surface area contributed by atoms with Crippen LogP contribution >= 0.6 is 11.3 Å². The van der Waals surface area contributed by atoms with Gasteiger partial charge in [0.15, 0.2) is 0 Å². The number of piperidine rings is 1. The molecule has 0 radical (unpaired) electrons. The summed E-state index contributed by atoms with van der Waals surface area (Å²) in [4.78, 5) is 8.05. The molecule has 2 rings (SSSR count). The quantitative estimate of drug-likeness (QED) is 0.844. The Bertz CT molecular complexity index is 292. The van der Waals surface area contributed by atoms with Gasteiger partial charge in [-0.2, -0.15) is 0 Å². The molecule has 0 aromatic carbocycles. The maximum atomic E-state index is 4.10. The van der Waals surface area contributed by atoms with Gasteiger partial charge in [-0.1, -0.05) is 13.3 Å². The average Bonchev–Trinajstić information content (AvgIpc) is 2.88. The van der Waals surface area contributed by atoms with Crippen molar-refractivity contribution in [1.29, 1.82) is 0 Å². The first-order valence-corrected chi connectivity index (χ1v) is 7.59. The summed E-state index contributed by atoms with van der Waals surface area (Å²) in [6.45, 7) is 7.08. The molecule has 1 N–H and O–H groups in total. The predicted octanol–water partition coefficient (Wildman–Crippen LogP) is 2.50. The third-order valence-corrected chi connectivity index (χ3v) is 4.24. The molecule has 0 bridgehead atoms. The van der Waals surface area contributed by atoms with E-state index in [4.69, 9.17) is 0 Å². The molecule has 1 aliphatic heterocycles. The summed E-state index contributed by atoms with van der Waals surface area (Å²) in [5.74, 6) is 0. The second-order valence-corrected chi connectivity index (χ2v) is 5.79. The van der Waals surface area contributed by atoms with E-state index in [9.17, 15) is 0 Å². The number of likely N-dealkylation sites (tertiary alicyclic amines) is 1. The Balaban J connectivity index is 1.62. The van der Waals surface area contributed by atoms with Gasteiger partial charge in [-0.15, -0.1) is 11.3 Å². The predicted molar refractivity (Wildman–Crippen MR) is 73.3 cm³/mol. The van der Waals surface area contributed by atoms with Gasteiger partial charge in [-0.25, -0.2) is 0 Å². The standard InChI is InChI=1S/C13H23N3S/c1-2-3-6-16-7-4-12(5-8-16)15-10-13-9-14-11-17-13/h9,11-12,15H,2-8,10H2,1H3. The molecule has 4 heteroatoms. The number of rotatable bonds is 6. The Hall–Kier alpha value is -0.450. The number of nitrogens with zero attached hydrogens (tertiary/aromatic N) is 2. The highest BCUT2D eigenvalue weighted by Gasteiger charge is 2.17. The zero-order valence-corrected chi connectivity index (χ0v) is 11.5. The van der Waals surface area contributed by atoms with Gasteiger partial charge in [0.1, 0.15) is 0 Å². The van der Waals surface area contributed by atoms with E-state index in [1.165, 1.54) is 50.2 Å². The number of hydrogen-bond acceptors (Lipinski definition) is 4. The van der Waals surface area contributed by atoms with E-state index in [1.54, 1.807) is 11.3 Å². The van der Waals surface area contributed by atoms with Crippen molar-refractivity contribution in [2.24, 2.45) is 0 Å². The van der Waals surface area contributed by atoms with Gasteiger partial charge >= 0.3 is 0 Å². The zero-order valence-electron chi connectivity index (χ0n) is 10.7. The van der Waals surface area contributed by atoms with Crippen LogP contribution in [0.3, 0.4) is 0 Å². The lowest BCUT2D eigenvalue weighted by molar-refractivity contribution is 0.195. The molecule has 1 aromatic rings. The summed E-state index contributed by atoms with van der Waals surface area (Å²) in [7, 11) is 0. The van der Waals surface area contributed by atoms with Crippen LogP contribution in [0, 0.1) is 0 Å². The van der Waals surface area contributed by atoms with E-state index < -0.39 is 0 Å². The van der Waals surface area contributed by atoms with Crippen molar-refractivity contribution in [3.63, 3.8) is 0 Å². The van der Waals surface area contributed by atoms with Crippen LogP contribution in [0.15, 0.2) is 11.7 Å². The van der Waals surface area contributed by atoms with E-state index in [0.717, 1.165) is 6.54 Å². The Kier molecular flexibility index (Phi) is 5.42. The number of hydrogen-bond donors (Lipinski definition) is 1. The molecular formula is C13H23N3S. The van der Waals surface area contributed by atoms with E-state index in [1.807, 2.05) is 11.7 Å². The molecule has 1 aliphatic rings. The fraction of sp³-hybridized carbons (Fsp3) is 0.769. The second-order valence-electron chi connectivity index (χ2n) is 4.82. The molecule has 0 unspecified atom stereocenters. The summed E-state index contributed by atoms with van der Waals surface area (Å²) in [5, 5.41) is 3.64. The maximum Gasteiger partial charge on any atom is 0.0794 e. The van der Waals surface area contributed by atoms with Gasteiger partial charge in [0.05, 0.1) is 5.51 Å². The van der Waals surface area contributed by atoms with Crippen LogP contribution in [-0.2, 0) is 6.54 Å². The first-order valence-electron chi connectivity index (χ1n) is 6.71. The summed E-state index contributed by atoms with van der Waals surface area (Å²) >= 11 is 1.74. The fourth-order valence-corrected chi connectivity index (χ4v) is 2.86. The molecule has 0 spiro atoms. The van der Waals surface area contributed by atoms with Crippen molar-refractivity contribution in [2.75, 3.05) is 19.6 Å². The van der Waals surface area contributed by atoms with E-state index in [-0.39, 0.29) is 0 Å². The van der Waals surface area contributed by atoms with Crippen LogP contribution in [0.1, 0.15) is 37.5 Å². The number of aromatic nitrogens is 1. The summed E-state index contributed by atoms with van der Waals surface area (Å²) < 4.78 is 0. The Morgan fingerprint density at radius 1 is 1.47 bits per heavy atom. The minimum atomic E-state index is 0.704. The van der Waals surface area contributed by atoms with Crippen molar-refractivity contribution in [3.05, 3.63) is 16.6 Å². The lowest BCUT2D eigenvalue weighted by Crippen LogP contribution is -2.42. The van der Waals surface area contributed by atoms with Crippen LogP contribution in [0.5, 0.6) is 0 Å². The largest absolute Gasteiger partial charge is 0.309 e. The Morgan fingerprint density at radius 3 is 2.94 bits per heavy atom. The van der Waals surface area contributed by atoms with Gasteiger partial charge in [0, 0.05) is 23.7 Å². The molecule has 2 heterocycles. The molecule has 17 heavy (non-hydrogen) atoms. The number of nitrogens with one attached hydrogen (secondary N) is 1. The average molecular weight is 253 g/mol. The van der Waals surface area contributed by atoms with Gasteiger partial charge in [-0.3, -0.25) is 4.98 Å². The summed E-state index contributed by atoms with van der Waals surface area (Å²) in [5.41, 5.74) is 1.91. The topological polar surface area (TPSA) is 28.2 Å². The summed E-state index contributed by atoms with van der Waals surface area (Å²) in [6.07, 6.45) is 7.21. The molecule has 0 saturated carbocycles. The van der Waals surface area contributed by atoms with Crippen molar-refractivity contribution >= 4 is 11.3 Å². The molecule has 1 fully saturated rings. The fourth-order valence-electron chi connectivity index (χ4n) is 2.32. The lowest BCUT2D eigenvalue weighted by Gasteiger charge is -2.32. The van der Waals surface area contributed by atoms with Crippen molar-refractivity contribution in [3.8, 4) is 0 Å². The molecule has 0 amide bonds. The van der Waals surface area contributed by atoms with Crippen LogP contribution in [0.2, 0.25) is 0 Å². The number of thiazole rings is 1. The SMILES string of the molecule is CCCCN1CCC(NCc2cncs2)CC1. The van der Waals surface area contributed by atoms with Crippen LogP contribution < -0.4 is 5.32 Å². The normalized spacial score (nSPS) is 18.6. The molecular weight excluding hydrogens is 230 g/mol. The van der Waals surface area contributed by atoms with Crippen molar-refractivity contribution in [1.82, 2.24) is 15.2 Å². The molecule has 96 valence electrons. The molecule has 1 aromatic heterocycles. The summed E-state index contributed by atoms with van der Waals surface area (Å²) in [6, 6.07) is 0.704. The highest BCUT2D eigenvalue weighted by atomic mass is 32.1. The smallest absolute Gasteiger partial charge is 0.0794 e. The van der Waals surface area contributed by atoms with Gasteiger partial charge in [0.25, 0.3) is 0 Å². The molecule has 0 atom stereocenters. The first kappa shape index (κ1) is 13.0. The van der Waals surface area contributed by atoms with Crippen LogP contribution in [-0.4, -0.2) is 35.6 Å². The Labute approximate surface area is 108 Å². The third-order valence-electron chi connectivity index (χ3n) is 3.46. The van der Waals surface area contributed by atoms with Crippen molar-refractivity contribution < 1.29 is 0 Å². The zero-order chi connectivity index (χ0) is 11.9. The minimum Gasteiger partial charge on any atom is -0.309 e. The van der Waals surface area contributed by atoms with Crippen molar-refractivity contribution in [2.45, 2.75) is 45.2 Å². The maximum absolute atomic E-state index is 4.10. The molecule has 0 aliphatic carbocycles. The van der Waals surface area contributed by atoms with E-state index in [0.29, 0.717) is 6.04 Å². The highest BCUT2D eigenvalue weighted by Crippen LogP contribution is 2.12. The lowest BCUT2D eigenvalue weighted by atomic mass is 10.0. The highest BCUT2D eigenvalue weighted by molar-refractivity contribution is 7.09. The number of unbranched alkanes of at least 4 members (excludes halogenated alkanes) is 1. The van der Waals surface area contributed by atoms with E-state index >= 15 is 0 Å². The second kappa shape index (κ2) is 7.09. The van der Waals surface area contributed by atoms with Gasteiger partial charge in [0.2, 0.25) is 0 Å². The monoisotopic (exact) mass is 253 g/mol. The van der Waals surface area contributed by atoms with Crippen LogP contribution in [0.25, 0.3) is 0 Å². The molecule has 3 nitrogen and oxygen atoms in total. The minimum absolute atomic E-state index is 0.704. The van der Waals surface area contributed by atoms with Crippen LogP contribution in [0.4, 0.5) is 0 Å². The molecule has 1 saturated heterocycles. The Morgan fingerprint density at radius 2 is 2.29 bits per heavy atom. The van der Waals surface area contributed by atoms with Gasteiger partial charge < -0.3 is 10.2 Å². The van der Waals surface area contributed by atoms with E-state index in [2.05, 4.69) is 22.1 Å². The van der Waals surface area contributed by atoms with Gasteiger partial charge in [-0.05, 0) is 38.9 Å². The first-order chi connectivity index (χ1) is 8.38. The third kappa shape index (κ3) is 4.37.